The van der Waals surface area contributed by atoms with Crippen molar-refractivity contribution in [3.63, 3.8) is 0 Å². The van der Waals surface area contributed by atoms with Crippen LogP contribution in [0.5, 0.6) is 10.9 Å². The van der Waals surface area contributed by atoms with Gasteiger partial charge in [0.2, 0.25) is 5.91 Å². The molecule has 30 heavy (non-hydrogen) atoms. The molecule has 0 atom stereocenters. The number of carbonyl (C=O) groups excluding carboxylic acids is 1. The third-order valence-corrected chi connectivity index (χ3v) is 4.99. The summed E-state index contributed by atoms with van der Waals surface area (Å²) in [5.74, 6) is 1.36. The summed E-state index contributed by atoms with van der Waals surface area (Å²) in [6.45, 7) is 0.468. The average Bonchev–Trinajstić information content (AvgIpc) is 3.22. The molecule has 0 radical (unpaired) electrons. The maximum atomic E-state index is 12.1. The number of ether oxygens (including phenoxy) is 1. The van der Waals surface area contributed by atoms with Gasteiger partial charge in [0, 0.05) is 36.9 Å². The van der Waals surface area contributed by atoms with Gasteiger partial charge in [-0.25, -0.2) is 0 Å². The van der Waals surface area contributed by atoms with Crippen LogP contribution in [0.3, 0.4) is 0 Å². The summed E-state index contributed by atoms with van der Waals surface area (Å²) in [5, 5.41) is 3.40. The molecule has 4 aromatic rings. The molecule has 4 rings (SSSR count). The summed E-state index contributed by atoms with van der Waals surface area (Å²) in [6.07, 6.45) is 4.43. The van der Waals surface area contributed by atoms with E-state index in [4.69, 9.17) is 4.74 Å². The van der Waals surface area contributed by atoms with Crippen molar-refractivity contribution in [2.24, 2.45) is 0 Å². The van der Waals surface area contributed by atoms with Crippen LogP contribution in [0.15, 0.2) is 79.1 Å². The average molecular weight is 417 g/mol. The highest BCUT2D eigenvalue weighted by atomic mass is 32.1. The lowest BCUT2D eigenvalue weighted by molar-refractivity contribution is -0.120. The van der Waals surface area contributed by atoms with Crippen LogP contribution in [-0.2, 0) is 24.2 Å². The van der Waals surface area contributed by atoms with E-state index in [1.54, 1.807) is 12.4 Å². The minimum absolute atomic E-state index is 0.0396. The van der Waals surface area contributed by atoms with Gasteiger partial charge < -0.3 is 10.1 Å². The van der Waals surface area contributed by atoms with E-state index in [0.29, 0.717) is 30.3 Å². The van der Waals surface area contributed by atoms with Crippen LogP contribution in [0.2, 0.25) is 0 Å². The fraction of sp³-hybridized carbons (Fsp3) is 0.130. The Kier molecular flexibility index (Phi) is 6.41. The smallest absolute Gasteiger partial charge is 0.298 e. The molecular formula is C23H20N4O2S. The number of pyridine rings is 1. The molecule has 0 saturated heterocycles. The van der Waals surface area contributed by atoms with Gasteiger partial charge >= 0.3 is 0 Å². The van der Waals surface area contributed by atoms with Gasteiger partial charge in [-0.2, -0.15) is 9.36 Å². The van der Waals surface area contributed by atoms with Gasteiger partial charge in [-0.15, -0.1) is 0 Å². The van der Waals surface area contributed by atoms with Gasteiger partial charge in [-0.3, -0.25) is 9.78 Å². The molecule has 0 bridgehead atoms. The van der Waals surface area contributed by atoms with Crippen LogP contribution < -0.4 is 10.1 Å². The van der Waals surface area contributed by atoms with Crippen molar-refractivity contribution in [3.05, 3.63) is 102 Å². The number of aromatic nitrogens is 3. The van der Waals surface area contributed by atoms with Crippen molar-refractivity contribution in [2.45, 2.75) is 19.4 Å². The van der Waals surface area contributed by atoms with E-state index in [1.165, 1.54) is 11.5 Å². The van der Waals surface area contributed by atoms with Crippen LogP contribution in [0.1, 0.15) is 22.5 Å². The standard InChI is InChI=1S/C23H20N4O2S/c28-22(25-16-19-7-4-12-24-15-19)14-18-8-10-20(11-9-18)29-23-26-21(27-30-23)13-17-5-2-1-3-6-17/h1-12,15H,13-14,16H2,(H,25,28). The fourth-order valence-electron chi connectivity index (χ4n) is 2.86. The van der Waals surface area contributed by atoms with E-state index in [2.05, 4.69) is 19.7 Å². The number of amides is 1. The Morgan fingerprint density at radius 2 is 1.73 bits per heavy atom. The second-order valence-electron chi connectivity index (χ2n) is 6.70. The molecule has 0 unspecified atom stereocenters. The largest absolute Gasteiger partial charge is 0.430 e. The van der Waals surface area contributed by atoms with Crippen LogP contribution in [0, 0.1) is 0 Å². The predicted octanol–water partition coefficient (Wildman–Crippen LogP) is 4.18. The van der Waals surface area contributed by atoms with Crippen molar-refractivity contribution in [1.29, 1.82) is 0 Å². The molecule has 0 spiro atoms. The zero-order chi connectivity index (χ0) is 20.6. The first-order chi connectivity index (χ1) is 14.7. The number of benzene rings is 2. The first-order valence-electron chi connectivity index (χ1n) is 9.53. The van der Waals surface area contributed by atoms with Crippen LogP contribution in [0.4, 0.5) is 0 Å². The minimum atomic E-state index is -0.0396. The Hall–Kier alpha value is -3.58. The van der Waals surface area contributed by atoms with Crippen molar-refractivity contribution in [2.75, 3.05) is 0 Å². The van der Waals surface area contributed by atoms with Crippen molar-refractivity contribution in [1.82, 2.24) is 19.7 Å². The molecule has 2 aromatic heterocycles. The summed E-state index contributed by atoms with van der Waals surface area (Å²) in [6, 6.07) is 21.3. The third kappa shape index (κ3) is 5.71. The van der Waals surface area contributed by atoms with E-state index in [0.717, 1.165) is 22.5 Å². The quantitative estimate of drug-likeness (QED) is 0.466. The molecule has 0 aliphatic carbocycles. The Morgan fingerprint density at radius 1 is 0.933 bits per heavy atom. The topological polar surface area (TPSA) is 77.0 Å². The summed E-state index contributed by atoms with van der Waals surface area (Å²) < 4.78 is 10.2. The number of carbonyl (C=O) groups is 1. The van der Waals surface area contributed by atoms with Crippen LogP contribution in [0.25, 0.3) is 0 Å². The molecule has 0 saturated carbocycles. The normalized spacial score (nSPS) is 10.5. The molecule has 1 amide bonds. The first kappa shape index (κ1) is 19.7. The molecule has 6 nitrogen and oxygen atoms in total. The van der Waals surface area contributed by atoms with Crippen molar-refractivity contribution >= 4 is 17.4 Å². The van der Waals surface area contributed by atoms with Gasteiger partial charge in [0.15, 0.2) is 5.82 Å². The van der Waals surface area contributed by atoms with E-state index < -0.39 is 0 Å². The minimum Gasteiger partial charge on any atom is -0.430 e. The molecule has 150 valence electrons. The van der Waals surface area contributed by atoms with Crippen LogP contribution in [-0.4, -0.2) is 20.2 Å². The van der Waals surface area contributed by atoms with Crippen molar-refractivity contribution < 1.29 is 9.53 Å². The van der Waals surface area contributed by atoms with Crippen LogP contribution >= 0.6 is 11.5 Å². The highest BCUT2D eigenvalue weighted by Crippen LogP contribution is 2.24. The number of hydrogen-bond donors (Lipinski definition) is 1. The Bertz CT molecular complexity index is 1080. The van der Waals surface area contributed by atoms with Gasteiger partial charge in [0.05, 0.1) is 6.42 Å². The number of rotatable bonds is 8. The lowest BCUT2D eigenvalue weighted by Crippen LogP contribution is -2.24. The SMILES string of the molecule is O=C(Cc1ccc(Oc2nc(Cc3ccccc3)ns2)cc1)NCc1cccnc1. The van der Waals surface area contributed by atoms with E-state index in [1.807, 2.05) is 66.7 Å². The highest BCUT2D eigenvalue weighted by Gasteiger charge is 2.08. The Balaban J connectivity index is 1.28. The maximum absolute atomic E-state index is 12.1. The van der Waals surface area contributed by atoms with Crippen molar-refractivity contribution in [3.8, 4) is 10.9 Å². The highest BCUT2D eigenvalue weighted by molar-refractivity contribution is 7.07. The monoisotopic (exact) mass is 416 g/mol. The number of nitrogens with one attached hydrogen (secondary N) is 1. The molecule has 0 aliphatic heterocycles. The lowest BCUT2D eigenvalue weighted by atomic mass is 10.1. The first-order valence-corrected chi connectivity index (χ1v) is 10.3. The summed E-state index contributed by atoms with van der Waals surface area (Å²) in [7, 11) is 0. The summed E-state index contributed by atoms with van der Waals surface area (Å²) in [4.78, 5) is 20.6. The van der Waals surface area contributed by atoms with E-state index in [9.17, 15) is 4.79 Å². The lowest BCUT2D eigenvalue weighted by Gasteiger charge is -2.06. The zero-order valence-electron chi connectivity index (χ0n) is 16.2. The second kappa shape index (κ2) is 9.76. The van der Waals surface area contributed by atoms with Gasteiger partial charge in [-0.1, -0.05) is 48.5 Å². The fourth-order valence-corrected chi connectivity index (χ4v) is 3.43. The predicted molar refractivity (Wildman–Crippen MR) is 115 cm³/mol. The van der Waals surface area contributed by atoms with Gasteiger partial charge in [0.25, 0.3) is 5.19 Å². The summed E-state index contributed by atoms with van der Waals surface area (Å²) >= 11 is 1.23. The molecular weight excluding hydrogens is 396 g/mol. The molecule has 7 heteroatoms. The zero-order valence-corrected chi connectivity index (χ0v) is 17.0. The Labute approximate surface area is 178 Å². The second-order valence-corrected chi connectivity index (χ2v) is 7.41. The molecule has 0 fully saturated rings. The van der Waals surface area contributed by atoms with Gasteiger partial charge in [-0.05, 0) is 34.9 Å². The summed E-state index contributed by atoms with van der Waals surface area (Å²) in [5.41, 5.74) is 3.04. The number of nitrogens with zero attached hydrogens (tertiary/aromatic N) is 3. The Morgan fingerprint density at radius 3 is 2.50 bits per heavy atom. The third-order valence-electron chi connectivity index (χ3n) is 4.36. The van der Waals surface area contributed by atoms with E-state index >= 15 is 0 Å². The maximum Gasteiger partial charge on any atom is 0.298 e. The molecule has 0 aliphatic rings. The van der Waals surface area contributed by atoms with Gasteiger partial charge in [0.1, 0.15) is 5.75 Å². The van der Waals surface area contributed by atoms with E-state index in [-0.39, 0.29) is 5.91 Å². The molecule has 2 aromatic carbocycles. The molecule has 2 heterocycles. The number of hydrogen-bond acceptors (Lipinski definition) is 6. The molecule has 1 N–H and O–H groups in total.